The summed E-state index contributed by atoms with van der Waals surface area (Å²) in [5.74, 6) is 3.14. The molecule has 13 heavy (non-hydrogen) atoms. The molecule has 0 radical (unpaired) electrons. The molecule has 0 amide bonds. The van der Waals surface area contributed by atoms with Crippen LogP contribution in [0.1, 0.15) is 32.1 Å². The molecular formula is C11H20O2. The molecule has 0 aromatic rings. The second-order valence-electron chi connectivity index (χ2n) is 4.80. The van der Waals surface area contributed by atoms with Crippen LogP contribution in [0.3, 0.4) is 0 Å². The Morgan fingerprint density at radius 2 is 1.62 bits per heavy atom. The maximum absolute atomic E-state index is 9.11. The van der Waals surface area contributed by atoms with E-state index in [0.29, 0.717) is 19.1 Å². The van der Waals surface area contributed by atoms with Gasteiger partial charge in [-0.3, -0.25) is 0 Å². The molecule has 76 valence electrons. The molecule has 0 heterocycles. The molecule has 0 saturated heterocycles. The van der Waals surface area contributed by atoms with Crippen LogP contribution < -0.4 is 0 Å². The Balaban J connectivity index is 1.81. The minimum absolute atomic E-state index is 0.345. The molecule has 0 aromatic heterocycles. The van der Waals surface area contributed by atoms with E-state index in [1.807, 2.05) is 0 Å². The monoisotopic (exact) mass is 184 g/mol. The quantitative estimate of drug-likeness (QED) is 0.693. The van der Waals surface area contributed by atoms with Gasteiger partial charge in [-0.1, -0.05) is 0 Å². The van der Waals surface area contributed by atoms with Crippen molar-refractivity contribution in [3.63, 3.8) is 0 Å². The van der Waals surface area contributed by atoms with Gasteiger partial charge in [0.25, 0.3) is 0 Å². The van der Waals surface area contributed by atoms with Gasteiger partial charge in [0.1, 0.15) is 0 Å². The molecule has 2 N–H and O–H groups in total. The van der Waals surface area contributed by atoms with Gasteiger partial charge < -0.3 is 10.2 Å². The van der Waals surface area contributed by atoms with E-state index in [-0.39, 0.29) is 0 Å². The van der Waals surface area contributed by atoms with Gasteiger partial charge in [-0.25, -0.2) is 0 Å². The minimum Gasteiger partial charge on any atom is -0.396 e. The first-order valence-electron chi connectivity index (χ1n) is 5.57. The summed E-state index contributed by atoms with van der Waals surface area (Å²) >= 11 is 0. The van der Waals surface area contributed by atoms with Gasteiger partial charge in [0.05, 0.1) is 0 Å². The fourth-order valence-electron chi connectivity index (χ4n) is 3.44. The average Bonchev–Trinajstić information content (AvgIpc) is 2.72. The van der Waals surface area contributed by atoms with Crippen molar-refractivity contribution < 1.29 is 10.2 Å². The van der Waals surface area contributed by atoms with Crippen molar-refractivity contribution in [3.8, 4) is 0 Å². The van der Waals surface area contributed by atoms with Gasteiger partial charge >= 0.3 is 0 Å². The standard InChI is InChI=1S/C11H20O2/c12-3-1-2-8-4-10-5-9(8)6-11(10)7-13/h8-13H,1-7H2. The summed E-state index contributed by atoms with van der Waals surface area (Å²) in [5.41, 5.74) is 0. The lowest BCUT2D eigenvalue weighted by atomic mass is 9.80. The first kappa shape index (κ1) is 9.47. The van der Waals surface area contributed by atoms with Crippen LogP contribution in [0.15, 0.2) is 0 Å². The molecule has 2 rings (SSSR count). The van der Waals surface area contributed by atoms with Gasteiger partial charge in [-0.15, -0.1) is 0 Å². The Labute approximate surface area is 80.0 Å². The molecule has 4 unspecified atom stereocenters. The predicted molar refractivity (Wildman–Crippen MR) is 51.2 cm³/mol. The van der Waals surface area contributed by atoms with E-state index >= 15 is 0 Å². The van der Waals surface area contributed by atoms with Crippen molar-refractivity contribution in [3.05, 3.63) is 0 Å². The van der Waals surface area contributed by atoms with Gasteiger partial charge in [0.2, 0.25) is 0 Å². The number of hydrogen-bond acceptors (Lipinski definition) is 2. The normalized spacial score (nSPS) is 42.9. The van der Waals surface area contributed by atoms with Crippen molar-refractivity contribution in [2.75, 3.05) is 13.2 Å². The van der Waals surface area contributed by atoms with E-state index in [1.165, 1.54) is 25.7 Å². The first-order valence-corrected chi connectivity index (χ1v) is 5.57. The zero-order valence-electron chi connectivity index (χ0n) is 8.15. The highest BCUT2D eigenvalue weighted by atomic mass is 16.3. The molecule has 2 heteroatoms. The second kappa shape index (κ2) is 3.97. The van der Waals surface area contributed by atoms with Gasteiger partial charge in [-0.2, -0.15) is 0 Å². The lowest BCUT2D eigenvalue weighted by molar-refractivity contribution is 0.149. The van der Waals surface area contributed by atoms with Crippen LogP contribution in [0.4, 0.5) is 0 Å². The fraction of sp³-hybridized carbons (Fsp3) is 1.00. The third-order valence-electron chi connectivity index (χ3n) is 4.12. The summed E-state index contributed by atoms with van der Waals surface area (Å²) < 4.78 is 0. The van der Waals surface area contributed by atoms with E-state index in [0.717, 1.165) is 24.2 Å². The van der Waals surface area contributed by atoms with E-state index in [2.05, 4.69) is 0 Å². The Morgan fingerprint density at radius 3 is 2.15 bits per heavy atom. The van der Waals surface area contributed by atoms with E-state index < -0.39 is 0 Å². The lowest BCUT2D eigenvalue weighted by Crippen LogP contribution is -2.20. The molecule has 2 bridgehead atoms. The van der Waals surface area contributed by atoms with Crippen LogP contribution in [0, 0.1) is 23.7 Å². The summed E-state index contributed by atoms with van der Waals surface area (Å²) in [6, 6.07) is 0. The highest BCUT2D eigenvalue weighted by Crippen LogP contribution is 2.52. The molecule has 2 nitrogen and oxygen atoms in total. The Hall–Kier alpha value is -0.0800. The average molecular weight is 184 g/mol. The maximum Gasteiger partial charge on any atom is 0.0462 e. The number of rotatable bonds is 4. The van der Waals surface area contributed by atoms with Crippen molar-refractivity contribution in [1.82, 2.24) is 0 Å². The maximum atomic E-state index is 9.11. The zero-order valence-corrected chi connectivity index (χ0v) is 8.15. The van der Waals surface area contributed by atoms with E-state index in [9.17, 15) is 0 Å². The molecule has 0 aromatic carbocycles. The van der Waals surface area contributed by atoms with Gasteiger partial charge in [0.15, 0.2) is 0 Å². The third-order valence-corrected chi connectivity index (χ3v) is 4.12. The van der Waals surface area contributed by atoms with Crippen LogP contribution in [-0.2, 0) is 0 Å². The van der Waals surface area contributed by atoms with Crippen molar-refractivity contribution in [2.24, 2.45) is 23.7 Å². The Morgan fingerprint density at radius 1 is 0.923 bits per heavy atom. The highest BCUT2D eigenvalue weighted by molar-refractivity contribution is 4.94. The van der Waals surface area contributed by atoms with Crippen molar-refractivity contribution >= 4 is 0 Å². The molecule has 2 aliphatic carbocycles. The molecule has 0 aliphatic heterocycles. The largest absolute Gasteiger partial charge is 0.396 e. The summed E-state index contributed by atoms with van der Waals surface area (Å²) in [6.45, 7) is 0.741. The van der Waals surface area contributed by atoms with Crippen molar-refractivity contribution in [2.45, 2.75) is 32.1 Å². The van der Waals surface area contributed by atoms with E-state index in [4.69, 9.17) is 10.2 Å². The van der Waals surface area contributed by atoms with Gasteiger partial charge in [-0.05, 0) is 55.8 Å². The fourth-order valence-corrected chi connectivity index (χ4v) is 3.44. The van der Waals surface area contributed by atoms with E-state index in [1.54, 1.807) is 0 Å². The topological polar surface area (TPSA) is 40.5 Å². The van der Waals surface area contributed by atoms with Crippen molar-refractivity contribution in [1.29, 1.82) is 0 Å². The molecule has 2 aliphatic rings. The molecule has 4 atom stereocenters. The summed E-state index contributed by atoms with van der Waals surface area (Å²) in [6.07, 6.45) is 6.09. The van der Waals surface area contributed by atoms with Crippen LogP contribution in [-0.4, -0.2) is 23.4 Å². The predicted octanol–water partition coefficient (Wildman–Crippen LogP) is 1.41. The molecule has 2 saturated carbocycles. The van der Waals surface area contributed by atoms with Gasteiger partial charge in [0, 0.05) is 13.2 Å². The third kappa shape index (κ3) is 1.75. The summed E-state index contributed by atoms with van der Waals surface area (Å²) in [7, 11) is 0. The molecule has 0 spiro atoms. The first-order chi connectivity index (χ1) is 6.35. The smallest absolute Gasteiger partial charge is 0.0462 e. The van der Waals surface area contributed by atoms with Crippen LogP contribution >= 0.6 is 0 Å². The Bertz CT molecular complexity index is 169. The lowest BCUT2D eigenvalue weighted by Gasteiger charge is -2.26. The van der Waals surface area contributed by atoms with Crippen LogP contribution in [0.5, 0.6) is 0 Å². The Kier molecular flexibility index (Phi) is 2.89. The number of aliphatic hydroxyl groups is 2. The SMILES string of the molecule is OCCCC1CC2CC1CC2CO. The molecule has 2 fully saturated rings. The summed E-state index contributed by atoms with van der Waals surface area (Å²) in [4.78, 5) is 0. The van der Waals surface area contributed by atoms with Crippen LogP contribution in [0.25, 0.3) is 0 Å². The minimum atomic E-state index is 0.345. The zero-order chi connectivity index (χ0) is 9.26. The number of fused-ring (bicyclic) bond motifs is 2. The number of aliphatic hydroxyl groups excluding tert-OH is 2. The summed E-state index contributed by atoms with van der Waals surface area (Å²) in [5, 5.41) is 17.9. The molecular weight excluding hydrogens is 164 g/mol. The second-order valence-corrected chi connectivity index (χ2v) is 4.80. The van der Waals surface area contributed by atoms with Crippen LogP contribution in [0.2, 0.25) is 0 Å². The number of hydrogen-bond donors (Lipinski definition) is 2. The highest BCUT2D eigenvalue weighted by Gasteiger charge is 2.44.